The number of hydrogen-bond donors (Lipinski definition) is 2. The van der Waals surface area contributed by atoms with Crippen molar-refractivity contribution in [3.05, 3.63) is 29.8 Å². The number of nitrogens with zero attached hydrogens (tertiary/aromatic N) is 2. The molecule has 1 aromatic heterocycles. The normalized spacial score (nSPS) is 29.4. The monoisotopic (exact) mass is 442 g/mol. The fourth-order valence-corrected chi connectivity index (χ4v) is 7.69. The molecule has 1 heterocycles. The third-order valence-electron chi connectivity index (χ3n) is 7.00. The van der Waals surface area contributed by atoms with Crippen LogP contribution in [0.25, 0.3) is 0 Å². The summed E-state index contributed by atoms with van der Waals surface area (Å²) in [5.74, 6) is 3.62. The predicted octanol–water partition coefficient (Wildman–Crippen LogP) is 5.58. The largest absolute Gasteiger partial charge is 0.350 e. The Morgan fingerprint density at radius 3 is 2.33 bits per heavy atom. The average molecular weight is 443 g/mol. The van der Waals surface area contributed by atoms with Crippen LogP contribution in [0.2, 0.25) is 0 Å². The van der Waals surface area contributed by atoms with E-state index >= 15 is 0 Å². The lowest BCUT2D eigenvalue weighted by Crippen LogP contribution is -2.60. The Bertz CT molecular complexity index is 873. The molecule has 0 atom stereocenters. The minimum atomic E-state index is 0.0857. The van der Waals surface area contributed by atoms with Crippen LogP contribution in [0.5, 0.6) is 0 Å². The zero-order valence-electron chi connectivity index (χ0n) is 17.7. The summed E-state index contributed by atoms with van der Waals surface area (Å²) in [6, 6.07) is 8.42. The molecular formula is C23H30N4OS2. The lowest BCUT2D eigenvalue weighted by Gasteiger charge is -2.56. The first-order chi connectivity index (χ1) is 14.5. The summed E-state index contributed by atoms with van der Waals surface area (Å²) >= 11 is 2.99. The van der Waals surface area contributed by atoms with Crippen LogP contribution in [0.15, 0.2) is 28.6 Å². The van der Waals surface area contributed by atoms with E-state index in [1.165, 1.54) is 67.2 Å². The molecule has 0 radical (unpaired) electrons. The first-order valence-electron chi connectivity index (χ1n) is 11.1. The van der Waals surface area contributed by atoms with E-state index in [0.717, 1.165) is 32.9 Å². The smallest absolute Gasteiger partial charge is 0.230 e. The summed E-state index contributed by atoms with van der Waals surface area (Å²) < 4.78 is 0.831. The molecule has 2 N–H and O–H groups in total. The molecule has 1 amide bonds. The second-order valence-electron chi connectivity index (χ2n) is 9.81. The van der Waals surface area contributed by atoms with Gasteiger partial charge in [-0.1, -0.05) is 49.1 Å². The van der Waals surface area contributed by atoms with Gasteiger partial charge in [-0.25, -0.2) is 0 Å². The molecule has 4 fully saturated rings. The molecule has 4 bridgehead atoms. The number of nitrogens with one attached hydrogen (secondary N) is 2. The van der Waals surface area contributed by atoms with Crippen molar-refractivity contribution in [1.29, 1.82) is 0 Å². The van der Waals surface area contributed by atoms with Gasteiger partial charge in [0.2, 0.25) is 11.0 Å². The number of amides is 1. The van der Waals surface area contributed by atoms with E-state index in [1.54, 1.807) is 0 Å². The van der Waals surface area contributed by atoms with Crippen molar-refractivity contribution in [2.24, 2.45) is 17.8 Å². The molecule has 0 spiro atoms. The zero-order valence-corrected chi connectivity index (χ0v) is 19.3. The SMILES string of the molecule is CC(C)c1ccc(Nc2nnc(SCC(=O)NC34CC5CC(CC(C5)C3)C4)s2)cc1. The molecule has 30 heavy (non-hydrogen) atoms. The summed E-state index contributed by atoms with van der Waals surface area (Å²) in [4.78, 5) is 12.7. The molecule has 160 valence electrons. The van der Waals surface area contributed by atoms with Gasteiger partial charge in [-0.3, -0.25) is 4.79 Å². The standard InChI is InChI=1S/C23H30N4OS2/c1-14(2)18-3-5-19(6-4-18)24-21-26-27-22(30-21)29-13-20(28)25-23-10-15-7-16(11-23)9-17(8-15)12-23/h3-6,14-17H,7-13H2,1-2H3,(H,24,26)(H,25,28). The Kier molecular flexibility index (Phi) is 5.52. The van der Waals surface area contributed by atoms with Crippen LogP contribution < -0.4 is 10.6 Å². The summed E-state index contributed by atoms with van der Waals surface area (Å²) in [6.45, 7) is 4.38. The molecule has 7 heteroatoms. The maximum Gasteiger partial charge on any atom is 0.230 e. The number of anilines is 2. The molecule has 2 aromatic rings. The van der Waals surface area contributed by atoms with Crippen LogP contribution in [-0.4, -0.2) is 27.4 Å². The first-order valence-corrected chi connectivity index (χ1v) is 12.9. The van der Waals surface area contributed by atoms with Gasteiger partial charge >= 0.3 is 0 Å². The number of thioether (sulfide) groups is 1. The lowest BCUT2D eigenvalue weighted by molar-refractivity contribution is -0.124. The van der Waals surface area contributed by atoms with Crippen LogP contribution >= 0.6 is 23.1 Å². The van der Waals surface area contributed by atoms with Crippen molar-refractivity contribution in [1.82, 2.24) is 15.5 Å². The average Bonchev–Trinajstić information content (AvgIpc) is 3.13. The minimum Gasteiger partial charge on any atom is -0.350 e. The molecule has 4 aliphatic rings. The Balaban J connectivity index is 1.13. The first kappa shape index (κ1) is 20.3. The van der Waals surface area contributed by atoms with Gasteiger partial charge in [0, 0.05) is 11.2 Å². The highest BCUT2D eigenvalue weighted by Crippen LogP contribution is 2.55. The van der Waals surface area contributed by atoms with Crippen molar-refractivity contribution in [3.63, 3.8) is 0 Å². The Hall–Kier alpha value is -1.60. The Morgan fingerprint density at radius 1 is 1.10 bits per heavy atom. The van der Waals surface area contributed by atoms with Crippen LogP contribution in [0.3, 0.4) is 0 Å². The summed E-state index contributed by atoms with van der Waals surface area (Å²) in [5, 5.41) is 16.0. The number of carbonyl (C=O) groups is 1. The number of benzene rings is 1. The predicted molar refractivity (Wildman–Crippen MR) is 123 cm³/mol. The molecular weight excluding hydrogens is 412 g/mol. The lowest BCUT2D eigenvalue weighted by atomic mass is 9.53. The van der Waals surface area contributed by atoms with Crippen molar-refractivity contribution in [3.8, 4) is 0 Å². The molecule has 0 unspecified atom stereocenters. The van der Waals surface area contributed by atoms with Gasteiger partial charge in [-0.05, 0) is 79.9 Å². The van der Waals surface area contributed by atoms with Gasteiger partial charge in [0.15, 0.2) is 4.34 Å². The third-order valence-corrected chi connectivity index (χ3v) is 8.98. The van der Waals surface area contributed by atoms with Gasteiger partial charge in [0.05, 0.1) is 5.75 Å². The van der Waals surface area contributed by atoms with Crippen molar-refractivity contribution in [2.75, 3.05) is 11.1 Å². The van der Waals surface area contributed by atoms with Gasteiger partial charge in [-0.15, -0.1) is 10.2 Å². The third kappa shape index (κ3) is 4.37. The Labute approximate surface area is 186 Å². The molecule has 4 saturated carbocycles. The topological polar surface area (TPSA) is 66.9 Å². The second-order valence-corrected chi connectivity index (χ2v) is 12.0. The van der Waals surface area contributed by atoms with Gasteiger partial charge in [0.25, 0.3) is 0 Å². The molecule has 4 aliphatic carbocycles. The van der Waals surface area contributed by atoms with Gasteiger partial charge in [-0.2, -0.15) is 0 Å². The molecule has 0 aliphatic heterocycles. The molecule has 6 rings (SSSR count). The number of aromatic nitrogens is 2. The maximum absolute atomic E-state index is 12.7. The summed E-state index contributed by atoms with van der Waals surface area (Å²) in [5.41, 5.74) is 2.41. The zero-order chi connectivity index (χ0) is 20.7. The fraction of sp³-hybridized carbons (Fsp3) is 0.609. The highest BCUT2D eigenvalue weighted by Gasteiger charge is 2.51. The van der Waals surface area contributed by atoms with E-state index in [4.69, 9.17) is 0 Å². The number of carbonyl (C=O) groups excluding carboxylic acids is 1. The highest BCUT2D eigenvalue weighted by atomic mass is 32.2. The van der Waals surface area contributed by atoms with E-state index in [9.17, 15) is 4.79 Å². The van der Waals surface area contributed by atoms with Crippen molar-refractivity contribution < 1.29 is 4.79 Å². The maximum atomic E-state index is 12.7. The van der Waals surface area contributed by atoms with Gasteiger partial charge in [0.1, 0.15) is 0 Å². The molecule has 5 nitrogen and oxygen atoms in total. The van der Waals surface area contributed by atoms with Crippen molar-refractivity contribution >= 4 is 39.8 Å². The van der Waals surface area contributed by atoms with Gasteiger partial charge < -0.3 is 10.6 Å². The Morgan fingerprint density at radius 2 is 1.73 bits per heavy atom. The number of hydrogen-bond acceptors (Lipinski definition) is 6. The fourth-order valence-electron chi connectivity index (χ4n) is 6.12. The quantitative estimate of drug-likeness (QED) is 0.548. The van der Waals surface area contributed by atoms with E-state index in [0.29, 0.717) is 11.7 Å². The second kappa shape index (κ2) is 8.15. The van der Waals surface area contributed by atoms with E-state index in [-0.39, 0.29) is 11.4 Å². The highest BCUT2D eigenvalue weighted by molar-refractivity contribution is 8.01. The molecule has 0 saturated heterocycles. The number of rotatable bonds is 7. The summed E-state index contributed by atoms with van der Waals surface area (Å²) in [7, 11) is 0. The van der Waals surface area contributed by atoms with Crippen LogP contribution in [0.1, 0.15) is 63.9 Å². The van der Waals surface area contributed by atoms with Crippen molar-refractivity contribution in [2.45, 2.75) is 68.2 Å². The van der Waals surface area contributed by atoms with Crippen LogP contribution in [0, 0.1) is 17.8 Å². The minimum absolute atomic E-state index is 0.0857. The van der Waals surface area contributed by atoms with E-state index < -0.39 is 0 Å². The summed E-state index contributed by atoms with van der Waals surface area (Å²) in [6.07, 6.45) is 7.76. The van der Waals surface area contributed by atoms with Crippen LogP contribution in [-0.2, 0) is 4.79 Å². The van der Waals surface area contributed by atoms with Crippen LogP contribution in [0.4, 0.5) is 10.8 Å². The van der Waals surface area contributed by atoms with E-state index in [2.05, 4.69) is 58.9 Å². The van der Waals surface area contributed by atoms with E-state index in [1.807, 2.05) is 0 Å². The molecule has 1 aromatic carbocycles.